The number of carboxylic acids is 1. The molecule has 1 saturated heterocycles. The molecule has 1 aliphatic heterocycles. The Hall–Kier alpha value is -1.99. The largest absolute Gasteiger partial charge is 0.493 e. The number of methoxy groups -OCH3 is 2. The zero-order valence-corrected chi connectivity index (χ0v) is 14.5. The van der Waals surface area contributed by atoms with E-state index in [0.29, 0.717) is 18.1 Å². The number of likely N-dealkylation sites (tertiary alicyclic amines) is 1. The van der Waals surface area contributed by atoms with E-state index in [1.165, 1.54) is 31.3 Å². The van der Waals surface area contributed by atoms with Gasteiger partial charge in [-0.05, 0) is 19.1 Å². The highest BCUT2D eigenvalue weighted by Crippen LogP contribution is 2.37. The Balaban J connectivity index is 2.35. The van der Waals surface area contributed by atoms with Gasteiger partial charge < -0.3 is 24.2 Å². The molecule has 0 saturated carbocycles. The van der Waals surface area contributed by atoms with Crippen molar-refractivity contribution in [3.05, 3.63) is 22.7 Å². The van der Waals surface area contributed by atoms with E-state index in [-0.39, 0.29) is 29.7 Å². The van der Waals surface area contributed by atoms with Gasteiger partial charge in [-0.15, -0.1) is 0 Å². The number of rotatable bonds is 6. The van der Waals surface area contributed by atoms with Gasteiger partial charge in [-0.3, -0.25) is 4.79 Å². The maximum atomic E-state index is 12.8. The fourth-order valence-corrected chi connectivity index (χ4v) is 2.99. The van der Waals surface area contributed by atoms with Crippen molar-refractivity contribution < 1.29 is 28.9 Å². The van der Waals surface area contributed by atoms with E-state index in [4.69, 9.17) is 25.8 Å². The summed E-state index contributed by atoms with van der Waals surface area (Å²) in [7, 11) is 2.94. The molecule has 0 bridgehead atoms. The Labute approximate surface area is 145 Å². The van der Waals surface area contributed by atoms with Crippen LogP contribution in [0.2, 0.25) is 5.02 Å². The second kappa shape index (κ2) is 7.72. The Morgan fingerprint density at radius 3 is 2.62 bits per heavy atom. The van der Waals surface area contributed by atoms with Crippen molar-refractivity contribution in [2.24, 2.45) is 0 Å². The highest BCUT2D eigenvalue weighted by Gasteiger charge is 2.40. The summed E-state index contributed by atoms with van der Waals surface area (Å²) < 4.78 is 15.8. The van der Waals surface area contributed by atoms with Crippen molar-refractivity contribution in [2.45, 2.75) is 25.5 Å². The van der Waals surface area contributed by atoms with Gasteiger partial charge in [0.25, 0.3) is 5.91 Å². The fraction of sp³-hybridized carbons (Fsp3) is 0.500. The standard InChI is InChI=1S/C16H20ClNO6/c1-4-24-14-11(17)5-9(6-13(14)23-3)15(19)18-8-10(22-2)7-12(18)16(20)21/h5-6,10,12H,4,7-8H2,1-3H3,(H,20,21). The van der Waals surface area contributed by atoms with E-state index in [1.54, 1.807) is 6.92 Å². The predicted octanol–water partition coefficient (Wildman–Crippen LogP) is 2.06. The molecule has 0 aromatic heterocycles. The molecule has 2 unspecified atom stereocenters. The number of carbonyl (C=O) groups is 2. The maximum Gasteiger partial charge on any atom is 0.326 e. The molecule has 1 amide bonds. The number of amides is 1. The zero-order chi connectivity index (χ0) is 17.9. The first-order valence-corrected chi connectivity index (χ1v) is 7.87. The number of aliphatic carboxylic acids is 1. The summed E-state index contributed by atoms with van der Waals surface area (Å²) in [4.78, 5) is 25.5. The lowest BCUT2D eigenvalue weighted by Crippen LogP contribution is -2.40. The number of hydrogen-bond acceptors (Lipinski definition) is 5. The summed E-state index contributed by atoms with van der Waals surface area (Å²) in [6.07, 6.45) is -0.0606. The third-order valence-corrected chi connectivity index (χ3v) is 4.19. The van der Waals surface area contributed by atoms with E-state index >= 15 is 0 Å². The van der Waals surface area contributed by atoms with Gasteiger partial charge in [-0.25, -0.2) is 4.79 Å². The first-order valence-electron chi connectivity index (χ1n) is 7.49. The van der Waals surface area contributed by atoms with Crippen LogP contribution >= 0.6 is 11.6 Å². The fourth-order valence-electron chi connectivity index (χ4n) is 2.72. The van der Waals surface area contributed by atoms with Crippen molar-refractivity contribution >= 4 is 23.5 Å². The quantitative estimate of drug-likeness (QED) is 0.838. The van der Waals surface area contributed by atoms with Crippen molar-refractivity contribution in [1.29, 1.82) is 0 Å². The minimum absolute atomic E-state index is 0.208. The summed E-state index contributed by atoms with van der Waals surface area (Å²) in [5, 5.41) is 9.57. The monoisotopic (exact) mass is 357 g/mol. The van der Waals surface area contributed by atoms with Gasteiger partial charge >= 0.3 is 5.97 Å². The van der Waals surface area contributed by atoms with Gasteiger partial charge in [0.15, 0.2) is 11.5 Å². The number of benzene rings is 1. The third-order valence-electron chi connectivity index (χ3n) is 3.91. The van der Waals surface area contributed by atoms with E-state index in [1.807, 2.05) is 0 Å². The molecule has 0 spiro atoms. The lowest BCUT2D eigenvalue weighted by atomic mass is 10.1. The minimum atomic E-state index is -1.06. The molecule has 0 radical (unpaired) electrons. The molecule has 0 aliphatic carbocycles. The molecule has 2 rings (SSSR count). The van der Waals surface area contributed by atoms with Crippen LogP contribution in [0.4, 0.5) is 0 Å². The number of nitrogens with zero attached hydrogens (tertiary/aromatic N) is 1. The molecule has 132 valence electrons. The SMILES string of the molecule is CCOc1c(Cl)cc(C(=O)N2CC(OC)CC2C(=O)O)cc1OC. The molecule has 1 fully saturated rings. The predicted molar refractivity (Wildman–Crippen MR) is 87.0 cm³/mol. The van der Waals surface area contributed by atoms with Crippen LogP contribution in [0.25, 0.3) is 0 Å². The third kappa shape index (κ3) is 3.57. The number of halogens is 1. The summed E-state index contributed by atoms with van der Waals surface area (Å²) >= 11 is 6.18. The first kappa shape index (κ1) is 18.4. The van der Waals surface area contributed by atoms with Gasteiger partial charge in [0.1, 0.15) is 6.04 Å². The summed E-state index contributed by atoms with van der Waals surface area (Å²) in [6, 6.07) is 2.02. The van der Waals surface area contributed by atoms with Crippen LogP contribution in [0.3, 0.4) is 0 Å². The molecule has 1 aromatic carbocycles. The number of carboxylic acid groups (broad SMARTS) is 1. The van der Waals surface area contributed by atoms with Crippen LogP contribution in [0.5, 0.6) is 11.5 Å². The lowest BCUT2D eigenvalue weighted by molar-refractivity contribution is -0.141. The number of ether oxygens (including phenoxy) is 3. The van der Waals surface area contributed by atoms with Gasteiger partial charge in [0.05, 0.1) is 24.8 Å². The van der Waals surface area contributed by atoms with Crippen LogP contribution in [0.1, 0.15) is 23.7 Å². The van der Waals surface area contributed by atoms with Crippen LogP contribution in [-0.2, 0) is 9.53 Å². The topological polar surface area (TPSA) is 85.3 Å². The number of carbonyl (C=O) groups excluding carboxylic acids is 1. The van der Waals surface area contributed by atoms with Gasteiger partial charge in [-0.1, -0.05) is 11.6 Å². The normalized spacial score (nSPS) is 20.1. The van der Waals surface area contributed by atoms with Crippen LogP contribution in [-0.4, -0.2) is 61.4 Å². The molecule has 1 heterocycles. The number of hydrogen-bond donors (Lipinski definition) is 1. The highest BCUT2D eigenvalue weighted by atomic mass is 35.5. The summed E-state index contributed by atoms with van der Waals surface area (Å²) in [6.45, 7) is 2.41. The minimum Gasteiger partial charge on any atom is -0.493 e. The van der Waals surface area contributed by atoms with Crippen molar-refractivity contribution in [1.82, 2.24) is 4.90 Å². The molecule has 1 aromatic rings. The van der Waals surface area contributed by atoms with E-state index < -0.39 is 17.9 Å². The lowest BCUT2D eigenvalue weighted by Gasteiger charge is -2.22. The van der Waals surface area contributed by atoms with E-state index in [0.717, 1.165) is 0 Å². The molecular formula is C16H20ClNO6. The molecule has 1 N–H and O–H groups in total. The van der Waals surface area contributed by atoms with E-state index in [2.05, 4.69) is 0 Å². The highest BCUT2D eigenvalue weighted by molar-refractivity contribution is 6.32. The average molecular weight is 358 g/mol. The maximum absolute atomic E-state index is 12.8. The Bertz CT molecular complexity index is 635. The average Bonchev–Trinajstić information content (AvgIpc) is 3.00. The van der Waals surface area contributed by atoms with Crippen molar-refractivity contribution in [3.8, 4) is 11.5 Å². The molecule has 24 heavy (non-hydrogen) atoms. The first-order chi connectivity index (χ1) is 11.4. The van der Waals surface area contributed by atoms with Gasteiger partial charge in [0.2, 0.25) is 0 Å². The van der Waals surface area contributed by atoms with Crippen LogP contribution in [0.15, 0.2) is 12.1 Å². The smallest absolute Gasteiger partial charge is 0.326 e. The second-order valence-electron chi connectivity index (χ2n) is 5.33. The van der Waals surface area contributed by atoms with Crippen LogP contribution in [0, 0.1) is 0 Å². The molecule has 7 nitrogen and oxygen atoms in total. The molecule has 8 heteroatoms. The summed E-state index contributed by atoms with van der Waals surface area (Å²) in [5.41, 5.74) is 0.239. The second-order valence-corrected chi connectivity index (χ2v) is 5.73. The van der Waals surface area contributed by atoms with Crippen molar-refractivity contribution in [2.75, 3.05) is 27.4 Å². The molecular weight excluding hydrogens is 338 g/mol. The molecule has 2 atom stereocenters. The molecule has 1 aliphatic rings. The Morgan fingerprint density at radius 1 is 1.38 bits per heavy atom. The zero-order valence-electron chi connectivity index (χ0n) is 13.7. The van der Waals surface area contributed by atoms with Gasteiger partial charge in [-0.2, -0.15) is 0 Å². The Morgan fingerprint density at radius 2 is 2.08 bits per heavy atom. The van der Waals surface area contributed by atoms with Gasteiger partial charge in [0, 0.05) is 25.6 Å². The van der Waals surface area contributed by atoms with Crippen LogP contribution < -0.4 is 9.47 Å². The summed E-state index contributed by atoms with van der Waals surface area (Å²) in [5.74, 6) is -0.830. The van der Waals surface area contributed by atoms with E-state index in [9.17, 15) is 14.7 Å². The van der Waals surface area contributed by atoms with Crippen molar-refractivity contribution in [3.63, 3.8) is 0 Å². The Kier molecular flexibility index (Phi) is 5.90.